The third-order valence-corrected chi connectivity index (χ3v) is 13.3. The maximum Gasteiger partial charge on any atom is 0.160 e. The Hall–Kier alpha value is -7.16. The molecule has 0 bridgehead atoms. The van der Waals surface area contributed by atoms with E-state index < -0.39 is 0 Å². The van der Waals surface area contributed by atoms with Gasteiger partial charge in [0.25, 0.3) is 0 Å². The zero-order valence-corrected chi connectivity index (χ0v) is 33.6. The average molecular weight is 767 g/mol. The van der Waals surface area contributed by atoms with Crippen molar-refractivity contribution in [2.45, 2.75) is 32.1 Å². The number of nitrogens with zero attached hydrogens (tertiary/aromatic N) is 2. The summed E-state index contributed by atoms with van der Waals surface area (Å²) in [4.78, 5) is 11.0. The average Bonchev–Trinajstić information content (AvgIpc) is 3.53. The second-order valence-electron chi connectivity index (χ2n) is 16.7. The van der Waals surface area contributed by atoms with Gasteiger partial charge in [-0.2, -0.15) is 0 Å². The van der Waals surface area contributed by atoms with Gasteiger partial charge in [0.2, 0.25) is 0 Å². The Morgan fingerprint density at radius 1 is 0.450 bits per heavy atom. The molecule has 2 atom stereocenters. The van der Waals surface area contributed by atoms with Gasteiger partial charge >= 0.3 is 0 Å². The van der Waals surface area contributed by atoms with E-state index >= 15 is 0 Å². The maximum absolute atomic E-state index is 5.65. The van der Waals surface area contributed by atoms with E-state index in [4.69, 9.17) is 9.98 Å². The largest absolute Gasteiger partial charge is 0.232 e. The fourth-order valence-electron chi connectivity index (χ4n) is 10.6. The van der Waals surface area contributed by atoms with Gasteiger partial charge in [-0.15, -0.1) is 0 Å². The quantitative estimate of drug-likeness (QED) is 0.159. The molecule has 2 heteroatoms. The second kappa shape index (κ2) is 14.0. The Morgan fingerprint density at radius 2 is 1.03 bits per heavy atom. The van der Waals surface area contributed by atoms with Crippen molar-refractivity contribution in [3.63, 3.8) is 0 Å². The first-order valence-corrected chi connectivity index (χ1v) is 21.4. The fourth-order valence-corrected chi connectivity index (χ4v) is 10.6. The zero-order chi connectivity index (χ0) is 39.7. The van der Waals surface area contributed by atoms with Crippen LogP contribution in [0.15, 0.2) is 198 Å². The van der Waals surface area contributed by atoms with Gasteiger partial charge in [-0.1, -0.05) is 195 Å². The first-order valence-electron chi connectivity index (χ1n) is 21.4. The first-order chi connectivity index (χ1) is 29.7. The second-order valence-corrected chi connectivity index (χ2v) is 16.7. The Labute approximate surface area is 350 Å². The summed E-state index contributed by atoms with van der Waals surface area (Å²) in [5.41, 5.74) is 17.8. The summed E-state index contributed by atoms with van der Waals surface area (Å²) < 4.78 is 0. The summed E-state index contributed by atoms with van der Waals surface area (Å²) in [6.07, 6.45) is 5.31. The SMILES string of the molecule is CC1C/C=C(\c2ccccc2)N=C(c2ccccc2)N=C1c1ccc(-c2cccc3c2-c2cccc4c2C3CCc2ccccc2-4)c2c3ccccc3c3ccccc3c12. The minimum Gasteiger partial charge on any atom is -0.232 e. The van der Waals surface area contributed by atoms with Gasteiger partial charge in [-0.05, 0) is 107 Å². The van der Waals surface area contributed by atoms with Crippen LogP contribution in [0.25, 0.3) is 71.4 Å². The van der Waals surface area contributed by atoms with Crippen LogP contribution in [0, 0.1) is 5.92 Å². The highest BCUT2D eigenvalue weighted by molar-refractivity contribution is 6.34. The molecule has 0 radical (unpaired) electrons. The van der Waals surface area contributed by atoms with E-state index in [1.807, 2.05) is 0 Å². The van der Waals surface area contributed by atoms with Gasteiger partial charge < -0.3 is 0 Å². The van der Waals surface area contributed by atoms with Crippen LogP contribution in [0.2, 0.25) is 0 Å². The number of aryl methyl sites for hydroxylation is 1. The van der Waals surface area contributed by atoms with E-state index in [1.54, 1.807) is 0 Å². The van der Waals surface area contributed by atoms with Gasteiger partial charge in [0.05, 0.1) is 11.4 Å². The van der Waals surface area contributed by atoms with E-state index in [-0.39, 0.29) is 5.92 Å². The van der Waals surface area contributed by atoms with Crippen LogP contribution in [0.1, 0.15) is 59.1 Å². The monoisotopic (exact) mass is 766 g/mol. The molecule has 0 N–H and O–H groups in total. The van der Waals surface area contributed by atoms with Crippen molar-refractivity contribution < 1.29 is 0 Å². The highest BCUT2D eigenvalue weighted by Crippen LogP contribution is 2.56. The molecule has 2 unspecified atom stereocenters. The Bertz CT molecular complexity index is 3300. The third-order valence-electron chi connectivity index (χ3n) is 13.3. The highest BCUT2D eigenvalue weighted by atomic mass is 14.9. The standard InChI is InChI=1S/C58H42N2/c1-36-30-35-52(38-17-4-2-5-18-38)59-58(39-19-6-3-7-20-39)60-57(36)51-34-33-49(55-44-24-12-10-22-41(44)42-23-11-13-25-45(42)56(51)55)47-28-14-27-46-48-32-31-37-16-8-9-21-40(37)43-26-15-29-50(53(43)48)54(46)47/h2-29,33-36,48H,30-32H2,1H3/b52-35+,59-58?,60-57?. The van der Waals surface area contributed by atoms with E-state index in [0.717, 1.165) is 47.6 Å². The van der Waals surface area contributed by atoms with Crippen molar-refractivity contribution in [2.24, 2.45) is 15.9 Å². The van der Waals surface area contributed by atoms with Crippen molar-refractivity contribution in [2.75, 3.05) is 0 Å². The van der Waals surface area contributed by atoms with Crippen molar-refractivity contribution in [3.05, 3.63) is 221 Å². The topological polar surface area (TPSA) is 24.7 Å². The molecular weight excluding hydrogens is 725 g/mol. The molecule has 9 aromatic carbocycles. The molecule has 0 saturated carbocycles. The smallest absolute Gasteiger partial charge is 0.160 e. The molecule has 0 saturated heterocycles. The fraction of sp³-hybridized carbons (Fsp3) is 0.103. The van der Waals surface area contributed by atoms with Crippen LogP contribution in [0.4, 0.5) is 0 Å². The van der Waals surface area contributed by atoms with Crippen molar-refractivity contribution in [1.29, 1.82) is 0 Å². The molecule has 1 aliphatic heterocycles. The van der Waals surface area contributed by atoms with Gasteiger partial charge in [0.15, 0.2) is 5.84 Å². The lowest BCUT2D eigenvalue weighted by atomic mass is 9.82. The van der Waals surface area contributed by atoms with E-state index in [2.05, 4.69) is 195 Å². The zero-order valence-electron chi connectivity index (χ0n) is 33.6. The predicted molar refractivity (Wildman–Crippen MR) is 253 cm³/mol. The lowest BCUT2D eigenvalue weighted by molar-refractivity contribution is 0.740. The first kappa shape index (κ1) is 34.8. The lowest BCUT2D eigenvalue weighted by Crippen LogP contribution is -2.17. The molecule has 3 aliphatic rings. The number of aliphatic imine (C=N–C) groups is 2. The Kier molecular flexibility index (Phi) is 8.13. The van der Waals surface area contributed by atoms with Crippen LogP contribution in [0.5, 0.6) is 0 Å². The van der Waals surface area contributed by atoms with Crippen LogP contribution in [-0.2, 0) is 6.42 Å². The molecule has 0 fully saturated rings. The molecule has 2 aliphatic carbocycles. The van der Waals surface area contributed by atoms with Crippen molar-refractivity contribution in [3.8, 4) is 33.4 Å². The van der Waals surface area contributed by atoms with Crippen molar-refractivity contribution in [1.82, 2.24) is 0 Å². The number of rotatable bonds is 4. The molecule has 284 valence electrons. The summed E-state index contributed by atoms with van der Waals surface area (Å²) in [7, 11) is 0. The highest BCUT2D eigenvalue weighted by Gasteiger charge is 2.35. The van der Waals surface area contributed by atoms with E-state index in [9.17, 15) is 0 Å². The van der Waals surface area contributed by atoms with Crippen LogP contribution >= 0.6 is 0 Å². The molecule has 1 heterocycles. The number of hydrogen-bond donors (Lipinski definition) is 0. The number of fused-ring (bicyclic) bond motifs is 11. The normalized spacial score (nSPS) is 17.7. The molecule has 2 nitrogen and oxygen atoms in total. The minimum atomic E-state index is 0.123. The molecule has 0 spiro atoms. The number of allylic oxidation sites excluding steroid dienone is 1. The van der Waals surface area contributed by atoms with Gasteiger partial charge in [0, 0.05) is 23.0 Å². The van der Waals surface area contributed by atoms with E-state index in [1.165, 1.54) is 88.0 Å². The number of benzene rings is 9. The maximum atomic E-state index is 5.65. The molecule has 0 amide bonds. The third kappa shape index (κ3) is 5.41. The van der Waals surface area contributed by atoms with Crippen LogP contribution in [0.3, 0.4) is 0 Å². The van der Waals surface area contributed by atoms with Crippen LogP contribution in [-0.4, -0.2) is 11.5 Å². The van der Waals surface area contributed by atoms with Gasteiger partial charge in [0.1, 0.15) is 0 Å². The summed E-state index contributed by atoms with van der Waals surface area (Å²) in [5.74, 6) is 1.21. The van der Waals surface area contributed by atoms with Gasteiger partial charge in [-0.25, -0.2) is 9.98 Å². The summed E-state index contributed by atoms with van der Waals surface area (Å²) in [6.45, 7) is 2.33. The number of amidine groups is 1. The van der Waals surface area contributed by atoms with Crippen LogP contribution < -0.4 is 0 Å². The predicted octanol–water partition coefficient (Wildman–Crippen LogP) is 14.9. The van der Waals surface area contributed by atoms with Crippen molar-refractivity contribution >= 4 is 49.6 Å². The van der Waals surface area contributed by atoms with Gasteiger partial charge in [-0.3, -0.25) is 0 Å². The molecule has 12 rings (SSSR count). The molecule has 60 heavy (non-hydrogen) atoms. The number of hydrogen-bond acceptors (Lipinski definition) is 2. The molecular formula is C58H42N2. The summed E-state index contributed by atoms with van der Waals surface area (Å²) >= 11 is 0. The Morgan fingerprint density at radius 3 is 1.80 bits per heavy atom. The molecule has 9 aromatic rings. The lowest BCUT2D eigenvalue weighted by Gasteiger charge is -2.23. The molecule has 0 aromatic heterocycles. The minimum absolute atomic E-state index is 0.123. The summed E-state index contributed by atoms with van der Waals surface area (Å²) in [5, 5.41) is 7.58. The Balaban J connectivity index is 1.15. The van der Waals surface area contributed by atoms with E-state index in [0.29, 0.717) is 5.92 Å². The summed E-state index contributed by atoms with van der Waals surface area (Å²) in [6, 6.07) is 66.9.